The third kappa shape index (κ3) is 4.12. The molecule has 102 valence electrons. The Bertz CT molecular complexity index is 419. The second kappa shape index (κ2) is 7.56. The van der Waals surface area contributed by atoms with E-state index in [1.54, 1.807) is 6.92 Å². The molecule has 1 unspecified atom stereocenters. The van der Waals surface area contributed by atoms with Crippen LogP contribution in [0.2, 0.25) is 0 Å². The van der Waals surface area contributed by atoms with Crippen LogP contribution in [0.4, 0.5) is 4.39 Å². The van der Waals surface area contributed by atoms with Gasteiger partial charge in [0.05, 0.1) is 12.6 Å². The van der Waals surface area contributed by atoms with Crippen LogP contribution in [0.3, 0.4) is 0 Å². The molecular weight excluding hydrogens is 328 g/mol. The number of ether oxygens (including phenoxy) is 1. The van der Waals surface area contributed by atoms with Crippen LogP contribution in [0.5, 0.6) is 5.75 Å². The molecule has 0 spiro atoms. The molecule has 1 aromatic rings. The summed E-state index contributed by atoms with van der Waals surface area (Å²) in [6.07, 6.45) is -1.96. The summed E-state index contributed by atoms with van der Waals surface area (Å²) in [6.45, 7) is 1.67. The number of carbonyl (C=O) groups is 1. The van der Waals surface area contributed by atoms with Gasteiger partial charge in [0.25, 0.3) is 0 Å². The van der Waals surface area contributed by atoms with Crippen molar-refractivity contribution in [1.29, 1.82) is 0 Å². The average Bonchev–Trinajstić information content (AvgIpc) is 2.30. The molecular formula is C11H14BrClFNO3. The number of esters is 1. The lowest BCUT2D eigenvalue weighted by Gasteiger charge is -2.17. The predicted octanol–water partition coefficient (Wildman–Crippen LogP) is 2.48. The van der Waals surface area contributed by atoms with Gasteiger partial charge in [-0.2, -0.15) is 0 Å². The van der Waals surface area contributed by atoms with Gasteiger partial charge >= 0.3 is 5.97 Å². The second-order valence-electron chi connectivity index (χ2n) is 3.39. The Balaban J connectivity index is 0.00000289. The maximum atomic E-state index is 13.7. The zero-order valence-corrected chi connectivity index (χ0v) is 12.0. The normalized spacial score (nSPS) is 13.3. The molecule has 2 atom stereocenters. The first kappa shape index (κ1) is 17.2. The lowest BCUT2D eigenvalue weighted by molar-refractivity contribution is -0.149. The number of phenolic OH excluding ortho intramolecular Hbond substituents is 1. The number of rotatable bonds is 4. The molecule has 7 heteroatoms. The first-order valence-corrected chi connectivity index (χ1v) is 5.81. The van der Waals surface area contributed by atoms with Crippen LogP contribution in [-0.2, 0) is 9.53 Å². The van der Waals surface area contributed by atoms with Gasteiger partial charge in [-0.1, -0.05) is 15.9 Å². The molecule has 0 bridgehead atoms. The van der Waals surface area contributed by atoms with Crippen LogP contribution in [0.1, 0.15) is 18.5 Å². The van der Waals surface area contributed by atoms with Crippen molar-refractivity contribution in [1.82, 2.24) is 0 Å². The number of alkyl halides is 1. The number of benzene rings is 1. The summed E-state index contributed by atoms with van der Waals surface area (Å²) in [6, 6.07) is 3.08. The molecule has 0 radical (unpaired) electrons. The highest BCUT2D eigenvalue weighted by Crippen LogP contribution is 2.29. The zero-order valence-electron chi connectivity index (χ0n) is 9.60. The summed E-state index contributed by atoms with van der Waals surface area (Å²) in [5.41, 5.74) is 5.93. The number of phenols is 1. The molecule has 0 aliphatic carbocycles. The highest BCUT2D eigenvalue weighted by atomic mass is 79.9. The second-order valence-corrected chi connectivity index (χ2v) is 4.24. The van der Waals surface area contributed by atoms with E-state index in [9.17, 15) is 14.3 Å². The number of carbonyl (C=O) groups excluding carboxylic acids is 1. The quantitative estimate of drug-likeness (QED) is 0.825. The van der Waals surface area contributed by atoms with Crippen molar-refractivity contribution < 1.29 is 19.0 Å². The SMILES string of the molecule is CCOC(=O)C(F)[C@@H](N)c1cc(O)ccc1Br.Cl. The van der Waals surface area contributed by atoms with E-state index in [0.717, 1.165) is 0 Å². The maximum Gasteiger partial charge on any atom is 0.342 e. The fourth-order valence-electron chi connectivity index (χ4n) is 1.31. The van der Waals surface area contributed by atoms with Gasteiger partial charge in [0, 0.05) is 4.47 Å². The van der Waals surface area contributed by atoms with E-state index in [4.69, 9.17) is 5.73 Å². The van der Waals surface area contributed by atoms with Gasteiger partial charge in [-0.3, -0.25) is 0 Å². The minimum absolute atomic E-state index is 0. The van der Waals surface area contributed by atoms with E-state index < -0.39 is 18.2 Å². The van der Waals surface area contributed by atoms with E-state index in [0.29, 0.717) is 10.0 Å². The van der Waals surface area contributed by atoms with Crippen LogP contribution < -0.4 is 5.73 Å². The van der Waals surface area contributed by atoms with E-state index >= 15 is 0 Å². The molecule has 1 aromatic carbocycles. The molecule has 0 aliphatic heterocycles. The van der Waals surface area contributed by atoms with Gasteiger partial charge in [-0.25, -0.2) is 9.18 Å². The Morgan fingerprint density at radius 1 is 1.61 bits per heavy atom. The Hall–Kier alpha value is -0.850. The number of aromatic hydroxyl groups is 1. The lowest BCUT2D eigenvalue weighted by Crippen LogP contribution is -2.31. The Morgan fingerprint density at radius 2 is 2.22 bits per heavy atom. The minimum atomic E-state index is -1.96. The van der Waals surface area contributed by atoms with Crippen molar-refractivity contribution in [3.63, 3.8) is 0 Å². The van der Waals surface area contributed by atoms with Gasteiger partial charge in [0.15, 0.2) is 0 Å². The largest absolute Gasteiger partial charge is 0.508 e. The summed E-state index contributed by atoms with van der Waals surface area (Å²) in [5, 5.41) is 9.30. The van der Waals surface area contributed by atoms with Crippen molar-refractivity contribution in [2.24, 2.45) is 5.73 Å². The van der Waals surface area contributed by atoms with Crippen LogP contribution in [-0.4, -0.2) is 23.9 Å². The van der Waals surface area contributed by atoms with E-state index in [1.807, 2.05) is 0 Å². The molecule has 0 saturated carbocycles. The minimum Gasteiger partial charge on any atom is -0.508 e. The van der Waals surface area contributed by atoms with Crippen molar-refractivity contribution in [3.8, 4) is 5.75 Å². The third-order valence-electron chi connectivity index (χ3n) is 2.17. The standard InChI is InChI=1S/C11H13BrFNO3.ClH/c1-2-17-11(16)9(13)10(14)7-5-6(15)3-4-8(7)12;/h3-5,9-10,15H,2,14H2,1H3;1H/t9?,10-;/m0./s1. The van der Waals surface area contributed by atoms with Gasteiger partial charge < -0.3 is 15.6 Å². The maximum absolute atomic E-state index is 13.7. The summed E-state index contributed by atoms with van der Waals surface area (Å²) >= 11 is 3.18. The summed E-state index contributed by atoms with van der Waals surface area (Å²) < 4.78 is 18.7. The highest BCUT2D eigenvalue weighted by Gasteiger charge is 2.29. The highest BCUT2D eigenvalue weighted by molar-refractivity contribution is 9.10. The third-order valence-corrected chi connectivity index (χ3v) is 2.89. The van der Waals surface area contributed by atoms with E-state index in [1.165, 1.54) is 18.2 Å². The topological polar surface area (TPSA) is 72.5 Å². The summed E-state index contributed by atoms with van der Waals surface area (Å²) in [4.78, 5) is 11.2. The van der Waals surface area contributed by atoms with E-state index in [-0.39, 0.29) is 24.8 Å². The molecule has 4 nitrogen and oxygen atoms in total. The van der Waals surface area contributed by atoms with Crippen LogP contribution in [0.15, 0.2) is 22.7 Å². The molecule has 1 rings (SSSR count). The number of hydrogen-bond donors (Lipinski definition) is 2. The molecule has 0 amide bonds. The molecule has 0 aromatic heterocycles. The van der Waals surface area contributed by atoms with E-state index in [2.05, 4.69) is 20.7 Å². The lowest BCUT2D eigenvalue weighted by atomic mass is 10.0. The molecule has 3 N–H and O–H groups in total. The van der Waals surface area contributed by atoms with Crippen LogP contribution in [0, 0.1) is 0 Å². The van der Waals surface area contributed by atoms with Crippen molar-refractivity contribution in [3.05, 3.63) is 28.2 Å². The Kier molecular flexibility index (Phi) is 7.20. The van der Waals surface area contributed by atoms with Crippen molar-refractivity contribution in [2.45, 2.75) is 19.1 Å². The van der Waals surface area contributed by atoms with Crippen molar-refractivity contribution in [2.75, 3.05) is 6.61 Å². The monoisotopic (exact) mass is 341 g/mol. The number of nitrogens with two attached hydrogens (primary N) is 1. The molecule has 0 fully saturated rings. The Labute approximate surface area is 119 Å². The average molecular weight is 343 g/mol. The molecule has 18 heavy (non-hydrogen) atoms. The summed E-state index contributed by atoms with van der Waals surface area (Å²) in [7, 11) is 0. The first-order chi connectivity index (χ1) is 7.97. The molecule has 0 aliphatic rings. The zero-order chi connectivity index (χ0) is 13.0. The molecule has 0 heterocycles. The van der Waals surface area contributed by atoms with Gasteiger partial charge in [0.2, 0.25) is 6.17 Å². The summed E-state index contributed by atoms with van der Waals surface area (Å²) in [5.74, 6) is -1.05. The van der Waals surface area contributed by atoms with Gasteiger partial charge in [-0.05, 0) is 30.7 Å². The predicted molar refractivity (Wildman–Crippen MR) is 71.5 cm³/mol. The first-order valence-electron chi connectivity index (χ1n) is 5.02. The number of hydrogen-bond acceptors (Lipinski definition) is 4. The van der Waals surface area contributed by atoms with Crippen LogP contribution in [0.25, 0.3) is 0 Å². The Morgan fingerprint density at radius 3 is 2.78 bits per heavy atom. The fraction of sp³-hybridized carbons (Fsp3) is 0.364. The number of halogens is 3. The molecule has 0 saturated heterocycles. The van der Waals surface area contributed by atoms with Crippen molar-refractivity contribution >= 4 is 34.3 Å². The fourth-order valence-corrected chi connectivity index (χ4v) is 1.82. The van der Waals surface area contributed by atoms with Gasteiger partial charge in [-0.15, -0.1) is 12.4 Å². The van der Waals surface area contributed by atoms with Gasteiger partial charge in [0.1, 0.15) is 5.75 Å². The smallest absolute Gasteiger partial charge is 0.342 e. The van der Waals surface area contributed by atoms with Crippen LogP contribution >= 0.6 is 28.3 Å².